The topological polar surface area (TPSA) is 26.0 Å². The van der Waals surface area contributed by atoms with Crippen molar-refractivity contribution >= 4 is 0 Å². The molecule has 0 saturated heterocycles. The van der Waals surface area contributed by atoms with Crippen molar-refractivity contribution in [1.29, 1.82) is 0 Å². The van der Waals surface area contributed by atoms with Crippen molar-refractivity contribution in [1.82, 2.24) is 0 Å². The van der Waals surface area contributed by atoms with Gasteiger partial charge in [-0.3, -0.25) is 0 Å². The highest BCUT2D eigenvalue weighted by molar-refractivity contribution is 5.36. The van der Waals surface area contributed by atoms with Crippen molar-refractivity contribution in [3.05, 3.63) is 34.9 Å². The van der Waals surface area contributed by atoms with Gasteiger partial charge in [-0.05, 0) is 54.3 Å². The molecule has 17 heavy (non-hydrogen) atoms. The quantitative estimate of drug-likeness (QED) is 0.796. The zero-order chi connectivity index (χ0) is 12.9. The fourth-order valence-electron chi connectivity index (χ4n) is 2.63. The van der Waals surface area contributed by atoms with Crippen LogP contribution in [0.1, 0.15) is 50.8 Å². The van der Waals surface area contributed by atoms with Gasteiger partial charge in [-0.2, -0.15) is 0 Å². The van der Waals surface area contributed by atoms with Gasteiger partial charge in [0.1, 0.15) is 0 Å². The van der Waals surface area contributed by atoms with Gasteiger partial charge in [-0.15, -0.1) is 0 Å². The predicted octanol–water partition coefficient (Wildman–Crippen LogP) is 3.73. The van der Waals surface area contributed by atoms with Crippen LogP contribution in [0, 0.1) is 5.41 Å². The number of hydrogen-bond acceptors (Lipinski definition) is 1. The second-order valence-electron chi connectivity index (χ2n) is 5.64. The molecule has 0 saturated carbocycles. The monoisotopic (exact) mass is 233 g/mol. The van der Waals surface area contributed by atoms with E-state index in [-0.39, 0.29) is 0 Å². The van der Waals surface area contributed by atoms with E-state index in [0.29, 0.717) is 5.41 Å². The standard InChI is InChI=1S/C16H27N/c1-5-13-8-7-9-14(15(13)6-2)12-16(3,4)10-11-17/h7-9H,5-6,10-12,17H2,1-4H3. The summed E-state index contributed by atoms with van der Waals surface area (Å²) in [5.41, 5.74) is 10.6. The Morgan fingerprint density at radius 1 is 1.06 bits per heavy atom. The Bertz CT molecular complexity index is 353. The van der Waals surface area contributed by atoms with Crippen molar-refractivity contribution < 1.29 is 0 Å². The Kier molecular flexibility index (Phi) is 5.20. The maximum Gasteiger partial charge on any atom is -0.00721 e. The smallest absolute Gasteiger partial charge is 0.00721 e. The Morgan fingerprint density at radius 3 is 2.24 bits per heavy atom. The summed E-state index contributed by atoms with van der Waals surface area (Å²) in [6.07, 6.45) is 4.50. The Balaban J connectivity index is 2.98. The lowest BCUT2D eigenvalue weighted by molar-refractivity contribution is 0.338. The van der Waals surface area contributed by atoms with E-state index in [4.69, 9.17) is 5.73 Å². The third kappa shape index (κ3) is 3.85. The van der Waals surface area contributed by atoms with Crippen molar-refractivity contribution in [2.24, 2.45) is 11.1 Å². The van der Waals surface area contributed by atoms with E-state index in [1.807, 2.05) is 0 Å². The summed E-state index contributed by atoms with van der Waals surface area (Å²) in [6, 6.07) is 6.75. The summed E-state index contributed by atoms with van der Waals surface area (Å²) >= 11 is 0. The molecule has 0 heterocycles. The molecule has 96 valence electrons. The molecule has 1 aromatic carbocycles. The van der Waals surface area contributed by atoms with Crippen LogP contribution in [0.2, 0.25) is 0 Å². The first-order valence-electron chi connectivity index (χ1n) is 6.83. The van der Waals surface area contributed by atoms with Gasteiger partial charge in [-0.25, -0.2) is 0 Å². The van der Waals surface area contributed by atoms with Crippen molar-refractivity contribution in [3.8, 4) is 0 Å². The Morgan fingerprint density at radius 2 is 1.71 bits per heavy atom. The lowest BCUT2D eigenvalue weighted by Crippen LogP contribution is -2.20. The molecule has 0 aliphatic rings. The minimum absolute atomic E-state index is 0.311. The Hall–Kier alpha value is -0.820. The lowest BCUT2D eigenvalue weighted by atomic mass is 9.80. The zero-order valence-electron chi connectivity index (χ0n) is 11.8. The molecule has 1 nitrogen and oxygen atoms in total. The molecule has 0 atom stereocenters. The highest BCUT2D eigenvalue weighted by atomic mass is 14.5. The molecule has 0 aliphatic carbocycles. The molecule has 0 aromatic heterocycles. The van der Waals surface area contributed by atoms with Crippen LogP contribution in [0.15, 0.2) is 18.2 Å². The average molecular weight is 233 g/mol. The third-order valence-electron chi connectivity index (χ3n) is 3.59. The number of hydrogen-bond donors (Lipinski definition) is 1. The minimum atomic E-state index is 0.311. The van der Waals surface area contributed by atoms with E-state index in [9.17, 15) is 0 Å². The number of rotatable bonds is 6. The molecule has 0 amide bonds. The van der Waals surface area contributed by atoms with E-state index >= 15 is 0 Å². The Labute approximate surface area is 106 Å². The molecule has 1 heteroatoms. The maximum atomic E-state index is 5.69. The van der Waals surface area contributed by atoms with Gasteiger partial charge >= 0.3 is 0 Å². The van der Waals surface area contributed by atoms with Gasteiger partial charge in [0.15, 0.2) is 0 Å². The average Bonchev–Trinajstić information content (AvgIpc) is 2.27. The van der Waals surface area contributed by atoms with Crippen LogP contribution >= 0.6 is 0 Å². The highest BCUT2D eigenvalue weighted by Gasteiger charge is 2.19. The minimum Gasteiger partial charge on any atom is -0.330 e. The molecule has 1 aromatic rings. The molecule has 0 bridgehead atoms. The van der Waals surface area contributed by atoms with Gasteiger partial charge in [0, 0.05) is 0 Å². The van der Waals surface area contributed by atoms with Crippen molar-refractivity contribution in [2.75, 3.05) is 6.54 Å². The first-order valence-corrected chi connectivity index (χ1v) is 6.83. The van der Waals surface area contributed by atoms with Crippen LogP contribution in [0.3, 0.4) is 0 Å². The van der Waals surface area contributed by atoms with E-state index in [2.05, 4.69) is 45.9 Å². The van der Waals surface area contributed by atoms with E-state index in [0.717, 1.165) is 32.2 Å². The molecule has 0 fully saturated rings. The molecule has 0 aliphatic heterocycles. The number of nitrogens with two attached hydrogens (primary N) is 1. The van der Waals surface area contributed by atoms with Gasteiger partial charge in [0.05, 0.1) is 0 Å². The summed E-state index contributed by atoms with van der Waals surface area (Å²) in [4.78, 5) is 0. The van der Waals surface area contributed by atoms with Crippen molar-refractivity contribution in [3.63, 3.8) is 0 Å². The molecule has 0 unspecified atom stereocenters. The van der Waals surface area contributed by atoms with Crippen LogP contribution in [-0.4, -0.2) is 6.54 Å². The van der Waals surface area contributed by atoms with Crippen LogP contribution < -0.4 is 5.73 Å². The summed E-state index contributed by atoms with van der Waals surface area (Å²) in [6.45, 7) is 9.91. The maximum absolute atomic E-state index is 5.69. The molecule has 0 radical (unpaired) electrons. The van der Waals surface area contributed by atoms with Crippen LogP contribution in [0.4, 0.5) is 0 Å². The van der Waals surface area contributed by atoms with Gasteiger partial charge in [-0.1, -0.05) is 45.9 Å². The third-order valence-corrected chi connectivity index (χ3v) is 3.59. The van der Waals surface area contributed by atoms with Crippen molar-refractivity contribution in [2.45, 2.75) is 53.4 Å². The van der Waals surface area contributed by atoms with Gasteiger partial charge in [0.25, 0.3) is 0 Å². The SMILES string of the molecule is CCc1cccc(CC(C)(C)CCN)c1CC. The molecular weight excluding hydrogens is 206 g/mol. The van der Waals surface area contributed by atoms with Gasteiger partial charge < -0.3 is 5.73 Å². The van der Waals surface area contributed by atoms with Crippen LogP contribution in [0.25, 0.3) is 0 Å². The van der Waals surface area contributed by atoms with Crippen LogP contribution in [-0.2, 0) is 19.3 Å². The summed E-state index contributed by atoms with van der Waals surface area (Å²) in [7, 11) is 0. The summed E-state index contributed by atoms with van der Waals surface area (Å²) in [5, 5.41) is 0. The number of benzene rings is 1. The van der Waals surface area contributed by atoms with E-state index in [1.54, 1.807) is 5.56 Å². The number of aryl methyl sites for hydroxylation is 1. The first-order chi connectivity index (χ1) is 8.04. The second-order valence-corrected chi connectivity index (χ2v) is 5.64. The molecule has 2 N–H and O–H groups in total. The summed E-state index contributed by atoms with van der Waals surface area (Å²) in [5.74, 6) is 0. The highest BCUT2D eigenvalue weighted by Crippen LogP contribution is 2.28. The summed E-state index contributed by atoms with van der Waals surface area (Å²) < 4.78 is 0. The van der Waals surface area contributed by atoms with Gasteiger partial charge in [0.2, 0.25) is 0 Å². The molecule has 0 spiro atoms. The molecule has 1 rings (SSSR count). The normalized spacial score (nSPS) is 11.8. The van der Waals surface area contributed by atoms with E-state index < -0.39 is 0 Å². The first kappa shape index (κ1) is 14.2. The van der Waals surface area contributed by atoms with E-state index in [1.165, 1.54) is 11.1 Å². The lowest BCUT2D eigenvalue weighted by Gasteiger charge is -2.26. The zero-order valence-corrected chi connectivity index (χ0v) is 11.8. The van der Waals surface area contributed by atoms with Crippen LogP contribution in [0.5, 0.6) is 0 Å². The fourth-order valence-corrected chi connectivity index (χ4v) is 2.63. The predicted molar refractivity (Wildman–Crippen MR) is 76.4 cm³/mol. The fraction of sp³-hybridized carbons (Fsp3) is 0.625. The molecular formula is C16H27N. The largest absolute Gasteiger partial charge is 0.330 e. The second kappa shape index (κ2) is 6.20.